The second-order valence-electron chi connectivity index (χ2n) is 3.91. The zero-order valence-corrected chi connectivity index (χ0v) is 10.4. The van der Waals surface area contributed by atoms with Crippen LogP contribution in [0.1, 0.15) is 5.56 Å². The molecule has 1 aromatic carbocycles. The first kappa shape index (κ1) is 15.9. The maximum atomic E-state index is 11.8. The zero-order chi connectivity index (χ0) is 15.3. The summed E-state index contributed by atoms with van der Waals surface area (Å²) < 4.78 is 39.5. The molecule has 0 aliphatic carbocycles. The lowest BCUT2D eigenvalue weighted by molar-refractivity contribution is -0.385. The molecule has 0 atom stereocenters. The van der Waals surface area contributed by atoms with Crippen LogP contribution in [0.15, 0.2) is 18.2 Å². The Bertz CT molecular complexity index is 517. The average molecular weight is 292 g/mol. The number of hydrogen-bond donors (Lipinski definition) is 1. The van der Waals surface area contributed by atoms with Gasteiger partial charge in [0.15, 0.2) is 0 Å². The van der Waals surface area contributed by atoms with E-state index in [2.05, 4.69) is 10.1 Å². The van der Waals surface area contributed by atoms with Crippen LogP contribution in [-0.4, -0.2) is 30.2 Å². The van der Waals surface area contributed by atoms with Crippen LogP contribution in [0.4, 0.5) is 24.5 Å². The van der Waals surface area contributed by atoms with Gasteiger partial charge >= 0.3 is 6.18 Å². The lowest BCUT2D eigenvalue weighted by atomic mass is 10.2. The van der Waals surface area contributed by atoms with Gasteiger partial charge in [-0.15, -0.1) is 0 Å². The minimum atomic E-state index is -4.51. The van der Waals surface area contributed by atoms with E-state index >= 15 is 0 Å². The highest BCUT2D eigenvalue weighted by atomic mass is 19.4. The number of rotatable bonds is 5. The van der Waals surface area contributed by atoms with Gasteiger partial charge in [-0.2, -0.15) is 13.2 Å². The van der Waals surface area contributed by atoms with Gasteiger partial charge < -0.3 is 10.1 Å². The number of alkyl halides is 3. The Morgan fingerprint density at radius 2 is 2.10 bits per heavy atom. The van der Waals surface area contributed by atoms with Gasteiger partial charge in [0, 0.05) is 17.3 Å². The molecule has 20 heavy (non-hydrogen) atoms. The van der Waals surface area contributed by atoms with Gasteiger partial charge in [0.1, 0.15) is 13.2 Å². The molecule has 110 valence electrons. The number of nitro benzene ring substituents is 1. The molecule has 1 N–H and O–H groups in total. The number of ether oxygens (including phenoxy) is 1. The molecule has 1 aromatic rings. The van der Waals surface area contributed by atoms with E-state index in [9.17, 15) is 28.1 Å². The second-order valence-corrected chi connectivity index (χ2v) is 3.91. The average Bonchev–Trinajstić information content (AvgIpc) is 2.29. The van der Waals surface area contributed by atoms with Crippen LogP contribution in [0, 0.1) is 17.0 Å². The van der Waals surface area contributed by atoms with Gasteiger partial charge in [-0.1, -0.05) is 6.07 Å². The third-order valence-electron chi connectivity index (χ3n) is 2.19. The second kappa shape index (κ2) is 6.33. The fraction of sp³-hybridized carbons (Fsp3) is 0.364. The number of benzene rings is 1. The number of nitrogens with one attached hydrogen (secondary N) is 1. The molecule has 0 bridgehead atoms. The highest BCUT2D eigenvalue weighted by Crippen LogP contribution is 2.22. The van der Waals surface area contributed by atoms with Gasteiger partial charge in [0.25, 0.3) is 5.69 Å². The Morgan fingerprint density at radius 3 is 2.65 bits per heavy atom. The number of anilines is 1. The summed E-state index contributed by atoms with van der Waals surface area (Å²) in [5.74, 6) is -0.826. The monoisotopic (exact) mass is 292 g/mol. The number of carbonyl (C=O) groups is 1. The molecule has 0 radical (unpaired) electrons. The summed E-state index contributed by atoms with van der Waals surface area (Å²) in [7, 11) is 0. The summed E-state index contributed by atoms with van der Waals surface area (Å²) in [6.45, 7) is -0.800. The van der Waals surface area contributed by atoms with Crippen molar-refractivity contribution in [3.8, 4) is 0 Å². The van der Waals surface area contributed by atoms with Crippen LogP contribution >= 0.6 is 0 Å². The van der Waals surface area contributed by atoms with E-state index in [1.165, 1.54) is 19.1 Å². The number of nitro groups is 1. The first-order chi connectivity index (χ1) is 9.19. The van der Waals surface area contributed by atoms with Gasteiger partial charge in [0.2, 0.25) is 5.91 Å². The summed E-state index contributed by atoms with van der Waals surface area (Å²) in [6, 6.07) is 3.95. The maximum absolute atomic E-state index is 11.8. The Kier molecular flexibility index (Phi) is 5.03. The van der Waals surface area contributed by atoms with Crippen molar-refractivity contribution >= 4 is 17.3 Å². The molecule has 0 unspecified atom stereocenters. The Hall–Kier alpha value is -2.16. The molecular formula is C11H11F3N2O4. The van der Waals surface area contributed by atoms with E-state index in [4.69, 9.17) is 0 Å². The van der Waals surface area contributed by atoms with E-state index in [-0.39, 0.29) is 11.4 Å². The maximum Gasteiger partial charge on any atom is 0.411 e. The fourth-order valence-electron chi connectivity index (χ4n) is 1.34. The molecule has 6 nitrogen and oxygen atoms in total. The van der Waals surface area contributed by atoms with Crippen molar-refractivity contribution in [1.29, 1.82) is 0 Å². The largest absolute Gasteiger partial charge is 0.411 e. The van der Waals surface area contributed by atoms with Crippen LogP contribution in [0.2, 0.25) is 0 Å². The third-order valence-corrected chi connectivity index (χ3v) is 2.19. The number of carbonyl (C=O) groups excluding carboxylic acids is 1. The van der Waals surface area contributed by atoms with Crippen molar-refractivity contribution in [3.63, 3.8) is 0 Å². The highest BCUT2D eigenvalue weighted by Gasteiger charge is 2.27. The number of amides is 1. The molecule has 9 heteroatoms. The summed E-state index contributed by atoms with van der Waals surface area (Å²) >= 11 is 0. The SMILES string of the molecule is Cc1ccc(NC(=O)COCC(F)(F)F)cc1[N+](=O)[O-]. The molecule has 0 saturated heterocycles. The van der Waals surface area contributed by atoms with Crippen molar-refractivity contribution < 1.29 is 27.6 Å². The molecule has 0 fully saturated rings. The van der Waals surface area contributed by atoms with Gasteiger partial charge in [-0.3, -0.25) is 14.9 Å². The van der Waals surface area contributed by atoms with Crippen molar-refractivity contribution in [2.24, 2.45) is 0 Å². The molecule has 0 aromatic heterocycles. The lowest BCUT2D eigenvalue weighted by Crippen LogP contribution is -2.24. The molecule has 0 spiro atoms. The summed E-state index contributed by atoms with van der Waals surface area (Å²) in [5.41, 5.74) is 0.322. The zero-order valence-electron chi connectivity index (χ0n) is 10.4. The van der Waals surface area contributed by atoms with Crippen molar-refractivity contribution in [2.75, 3.05) is 18.5 Å². The predicted octanol–water partition coefficient (Wildman–Crippen LogP) is 2.42. The van der Waals surface area contributed by atoms with E-state index < -0.39 is 30.2 Å². The molecule has 0 aliphatic rings. The third kappa shape index (κ3) is 5.22. The van der Waals surface area contributed by atoms with Crippen LogP contribution < -0.4 is 5.32 Å². The highest BCUT2D eigenvalue weighted by molar-refractivity contribution is 5.92. The van der Waals surface area contributed by atoms with Crippen molar-refractivity contribution in [1.82, 2.24) is 0 Å². The van der Waals surface area contributed by atoms with Gasteiger partial charge in [0.05, 0.1) is 4.92 Å². The molecule has 1 amide bonds. The van der Waals surface area contributed by atoms with Gasteiger partial charge in [-0.05, 0) is 13.0 Å². The van der Waals surface area contributed by atoms with Crippen LogP contribution in [0.25, 0.3) is 0 Å². The topological polar surface area (TPSA) is 81.5 Å². The van der Waals surface area contributed by atoms with E-state index in [1.807, 2.05) is 0 Å². The van der Waals surface area contributed by atoms with Crippen LogP contribution in [-0.2, 0) is 9.53 Å². The number of hydrogen-bond acceptors (Lipinski definition) is 4. The number of nitrogens with zero attached hydrogens (tertiary/aromatic N) is 1. The molecular weight excluding hydrogens is 281 g/mol. The van der Waals surface area contributed by atoms with Crippen molar-refractivity contribution in [3.05, 3.63) is 33.9 Å². The predicted molar refractivity (Wildman–Crippen MR) is 63.3 cm³/mol. The fourth-order valence-corrected chi connectivity index (χ4v) is 1.34. The summed E-state index contributed by atoms with van der Waals surface area (Å²) in [4.78, 5) is 21.4. The molecule has 0 saturated carbocycles. The number of aryl methyl sites for hydroxylation is 1. The quantitative estimate of drug-likeness (QED) is 0.667. The van der Waals surface area contributed by atoms with Gasteiger partial charge in [-0.25, -0.2) is 0 Å². The van der Waals surface area contributed by atoms with Crippen molar-refractivity contribution in [2.45, 2.75) is 13.1 Å². The van der Waals surface area contributed by atoms with Crippen LogP contribution in [0.5, 0.6) is 0 Å². The summed E-state index contributed by atoms with van der Waals surface area (Å²) in [6.07, 6.45) is -4.51. The van der Waals surface area contributed by atoms with E-state index in [0.717, 1.165) is 6.07 Å². The number of halogens is 3. The standard InChI is InChI=1S/C11H11F3N2O4/c1-7-2-3-8(4-9(7)16(18)19)15-10(17)5-20-6-11(12,13)14/h2-4H,5-6H2,1H3,(H,15,17). The summed E-state index contributed by atoms with van der Waals surface area (Å²) in [5, 5.41) is 12.9. The van der Waals surface area contributed by atoms with E-state index in [1.54, 1.807) is 0 Å². The Morgan fingerprint density at radius 1 is 1.45 bits per heavy atom. The lowest BCUT2D eigenvalue weighted by Gasteiger charge is -2.08. The molecule has 0 heterocycles. The van der Waals surface area contributed by atoms with Crippen LogP contribution in [0.3, 0.4) is 0 Å². The minimum absolute atomic E-state index is 0.114. The molecule has 1 rings (SSSR count). The Labute approximate surface area is 111 Å². The molecule has 0 aliphatic heterocycles. The first-order valence-corrected chi connectivity index (χ1v) is 5.38. The van der Waals surface area contributed by atoms with E-state index in [0.29, 0.717) is 5.56 Å². The minimum Gasteiger partial charge on any atom is -0.362 e. The normalized spacial score (nSPS) is 11.2. The Balaban J connectivity index is 2.58. The first-order valence-electron chi connectivity index (χ1n) is 5.38. The smallest absolute Gasteiger partial charge is 0.362 e.